The number of halogens is 1. The Balaban J connectivity index is 1.79. The standard InChI is InChI=1S/C17H18BrN3O3/c1-11-3-4-13(10-21-11)17(23)20-8-7-19-16(22)12-5-6-15(24-2)14(18)9-12/h3-6,9-10H,7-8H2,1-2H3,(H,19,22)(H,20,23). The molecule has 1 aromatic heterocycles. The molecule has 24 heavy (non-hydrogen) atoms. The van der Waals surface area contributed by atoms with Gasteiger partial charge in [-0.2, -0.15) is 0 Å². The molecule has 0 unspecified atom stereocenters. The molecule has 0 atom stereocenters. The van der Waals surface area contributed by atoms with Crippen LogP contribution in [0.1, 0.15) is 26.4 Å². The molecule has 0 fully saturated rings. The number of carbonyl (C=O) groups excluding carboxylic acids is 2. The van der Waals surface area contributed by atoms with Crippen molar-refractivity contribution >= 4 is 27.7 Å². The largest absolute Gasteiger partial charge is 0.496 e. The van der Waals surface area contributed by atoms with Crippen LogP contribution in [0.2, 0.25) is 0 Å². The highest BCUT2D eigenvalue weighted by atomic mass is 79.9. The van der Waals surface area contributed by atoms with Crippen LogP contribution < -0.4 is 15.4 Å². The summed E-state index contributed by atoms with van der Waals surface area (Å²) in [6.45, 7) is 2.51. The van der Waals surface area contributed by atoms with E-state index in [9.17, 15) is 9.59 Å². The van der Waals surface area contributed by atoms with E-state index in [4.69, 9.17) is 4.74 Å². The highest BCUT2D eigenvalue weighted by Gasteiger charge is 2.09. The van der Waals surface area contributed by atoms with Gasteiger partial charge in [0.15, 0.2) is 0 Å². The Kier molecular flexibility index (Phi) is 6.31. The number of nitrogens with zero attached hydrogens (tertiary/aromatic N) is 1. The van der Waals surface area contributed by atoms with Crippen molar-refractivity contribution in [1.29, 1.82) is 0 Å². The van der Waals surface area contributed by atoms with Crippen LogP contribution in [-0.2, 0) is 0 Å². The summed E-state index contributed by atoms with van der Waals surface area (Å²) in [5, 5.41) is 5.48. The molecular weight excluding hydrogens is 374 g/mol. The van der Waals surface area contributed by atoms with Crippen molar-refractivity contribution in [2.75, 3.05) is 20.2 Å². The summed E-state index contributed by atoms with van der Waals surface area (Å²) in [4.78, 5) is 28.0. The van der Waals surface area contributed by atoms with Gasteiger partial charge < -0.3 is 15.4 Å². The van der Waals surface area contributed by atoms with E-state index in [2.05, 4.69) is 31.5 Å². The summed E-state index contributed by atoms with van der Waals surface area (Å²) in [5.41, 5.74) is 1.85. The van der Waals surface area contributed by atoms with E-state index in [-0.39, 0.29) is 11.8 Å². The number of hydrogen-bond acceptors (Lipinski definition) is 4. The van der Waals surface area contributed by atoms with Crippen LogP contribution in [0.3, 0.4) is 0 Å². The number of hydrogen-bond donors (Lipinski definition) is 2. The number of methoxy groups -OCH3 is 1. The van der Waals surface area contributed by atoms with Crippen LogP contribution in [0.4, 0.5) is 0 Å². The number of aryl methyl sites for hydroxylation is 1. The van der Waals surface area contributed by atoms with Crippen LogP contribution in [0.5, 0.6) is 5.75 Å². The number of carbonyl (C=O) groups is 2. The van der Waals surface area contributed by atoms with E-state index in [1.54, 1.807) is 37.4 Å². The fourth-order valence-electron chi connectivity index (χ4n) is 1.97. The molecule has 0 saturated heterocycles. The molecular formula is C17H18BrN3O3. The molecule has 2 amide bonds. The molecule has 7 heteroatoms. The fraction of sp³-hybridized carbons (Fsp3) is 0.235. The average molecular weight is 392 g/mol. The summed E-state index contributed by atoms with van der Waals surface area (Å²) in [6, 6.07) is 8.56. The predicted octanol–water partition coefficient (Wildman–Crippen LogP) is 2.32. The lowest BCUT2D eigenvalue weighted by atomic mass is 10.2. The smallest absolute Gasteiger partial charge is 0.252 e. The summed E-state index contributed by atoms with van der Waals surface area (Å²) in [5.74, 6) is 0.221. The lowest BCUT2D eigenvalue weighted by Gasteiger charge is -2.09. The first-order valence-electron chi connectivity index (χ1n) is 7.34. The number of pyridine rings is 1. The third kappa shape index (κ3) is 4.79. The minimum absolute atomic E-state index is 0.218. The molecule has 0 bridgehead atoms. The average Bonchev–Trinajstić information content (AvgIpc) is 2.58. The van der Waals surface area contributed by atoms with Crippen LogP contribution in [0.25, 0.3) is 0 Å². The van der Waals surface area contributed by atoms with Crippen molar-refractivity contribution in [3.05, 3.63) is 57.8 Å². The Morgan fingerprint density at radius 2 is 1.71 bits per heavy atom. The second-order valence-electron chi connectivity index (χ2n) is 5.05. The zero-order chi connectivity index (χ0) is 17.5. The van der Waals surface area contributed by atoms with E-state index in [1.807, 2.05) is 6.92 Å². The second-order valence-corrected chi connectivity index (χ2v) is 5.90. The normalized spacial score (nSPS) is 10.1. The third-order valence-corrected chi connectivity index (χ3v) is 3.90. The predicted molar refractivity (Wildman–Crippen MR) is 94.3 cm³/mol. The van der Waals surface area contributed by atoms with E-state index >= 15 is 0 Å². The quantitative estimate of drug-likeness (QED) is 0.740. The molecule has 0 spiro atoms. The molecule has 2 aromatic rings. The maximum absolute atomic E-state index is 12.1. The van der Waals surface area contributed by atoms with Crippen molar-refractivity contribution in [3.63, 3.8) is 0 Å². The first-order chi connectivity index (χ1) is 11.5. The minimum atomic E-state index is -0.219. The molecule has 2 rings (SSSR count). The molecule has 0 aliphatic carbocycles. The first-order valence-corrected chi connectivity index (χ1v) is 8.13. The molecule has 0 radical (unpaired) electrons. The number of aromatic nitrogens is 1. The lowest BCUT2D eigenvalue weighted by Crippen LogP contribution is -2.34. The lowest BCUT2D eigenvalue weighted by molar-refractivity contribution is 0.0927. The van der Waals surface area contributed by atoms with E-state index < -0.39 is 0 Å². The topological polar surface area (TPSA) is 80.3 Å². The number of benzene rings is 1. The van der Waals surface area contributed by atoms with Gasteiger partial charge in [-0.1, -0.05) is 0 Å². The van der Waals surface area contributed by atoms with Gasteiger partial charge in [-0.05, 0) is 53.2 Å². The monoisotopic (exact) mass is 391 g/mol. The first kappa shape index (κ1) is 17.9. The van der Waals surface area contributed by atoms with Crippen molar-refractivity contribution in [1.82, 2.24) is 15.6 Å². The zero-order valence-corrected chi connectivity index (χ0v) is 15.0. The summed E-state index contributed by atoms with van der Waals surface area (Å²) < 4.78 is 5.83. The van der Waals surface area contributed by atoms with Gasteiger partial charge in [0.05, 0.1) is 17.1 Å². The second kappa shape index (κ2) is 8.44. The fourth-order valence-corrected chi connectivity index (χ4v) is 2.51. The van der Waals surface area contributed by atoms with E-state index in [0.29, 0.717) is 34.4 Å². The maximum Gasteiger partial charge on any atom is 0.252 e. The number of rotatable bonds is 6. The van der Waals surface area contributed by atoms with Gasteiger partial charge >= 0.3 is 0 Å². The Labute approximate surface area is 148 Å². The summed E-state index contributed by atoms with van der Waals surface area (Å²) in [6.07, 6.45) is 1.53. The molecule has 0 aliphatic heterocycles. The van der Waals surface area contributed by atoms with Crippen LogP contribution in [0, 0.1) is 6.92 Å². The number of nitrogens with one attached hydrogen (secondary N) is 2. The van der Waals surface area contributed by atoms with E-state index in [0.717, 1.165) is 5.69 Å². The molecule has 0 aliphatic rings. The van der Waals surface area contributed by atoms with Crippen molar-refractivity contribution < 1.29 is 14.3 Å². The van der Waals surface area contributed by atoms with E-state index in [1.165, 1.54) is 6.20 Å². The van der Waals surface area contributed by atoms with Crippen LogP contribution >= 0.6 is 15.9 Å². The van der Waals surface area contributed by atoms with Gasteiger partial charge in [0.2, 0.25) is 0 Å². The van der Waals surface area contributed by atoms with Gasteiger partial charge in [0, 0.05) is 30.5 Å². The maximum atomic E-state index is 12.1. The molecule has 0 saturated carbocycles. The Hall–Kier alpha value is -2.41. The highest BCUT2D eigenvalue weighted by molar-refractivity contribution is 9.10. The number of ether oxygens (including phenoxy) is 1. The van der Waals surface area contributed by atoms with Crippen LogP contribution in [-0.4, -0.2) is 37.0 Å². The van der Waals surface area contributed by atoms with Crippen molar-refractivity contribution in [2.45, 2.75) is 6.92 Å². The molecule has 126 valence electrons. The summed E-state index contributed by atoms with van der Waals surface area (Å²) >= 11 is 3.34. The SMILES string of the molecule is COc1ccc(C(=O)NCCNC(=O)c2ccc(C)nc2)cc1Br. The van der Waals surface area contributed by atoms with Crippen molar-refractivity contribution in [2.24, 2.45) is 0 Å². The highest BCUT2D eigenvalue weighted by Crippen LogP contribution is 2.25. The van der Waals surface area contributed by atoms with Gasteiger partial charge in [-0.15, -0.1) is 0 Å². The van der Waals surface area contributed by atoms with Gasteiger partial charge in [-0.3, -0.25) is 14.6 Å². The van der Waals surface area contributed by atoms with Gasteiger partial charge in [0.1, 0.15) is 5.75 Å². The third-order valence-electron chi connectivity index (χ3n) is 3.28. The Morgan fingerprint density at radius 1 is 1.08 bits per heavy atom. The van der Waals surface area contributed by atoms with Gasteiger partial charge in [-0.25, -0.2) is 0 Å². The molecule has 1 heterocycles. The Bertz CT molecular complexity index is 732. The molecule has 6 nitrogen and oxygen atoms in total. The minimum Gasteiger partial charge on any atom is -0.496 e. The zero-order valence-electron chi connectivity index (χ0n) is 13.4. The molecule has 2 N–H and O–H groups in total. The Morgan fingerprint density at radius 3 is 2.25 bits per heavy atom. The van der Waals surface area contributed by atoms with Crippen LogP contribution in [0.15, 0.2) is 41.0 Å². The molecule has 1 aromatic carbocycles. The number of amides is 2. The van der Waals surface area contributed by atoms with Crippen molar-refractivity contribution in [3.8, 4) is 5.75 Å². The summed E-state index contributed by atoms with van der Waals surface area (Å²) in [7, 11) is 1.56. The van der Waals surface area contributed by atoms with Gasteiger partial charge in [0.25, 0.3) is 11.8 Å².